The van der Waals surface area contributed by atoms with Crippen molar-refractivity contribution in [2.24, 2.45) is 4.99 Å². The molecule has 3 rings (SSSR count). The third-order valence-corrected chi connectivity index (χ3v) is 4.25. The number of aliphatic imine (C=N–C) groups is 1. The molecular weight excluding hydrogens is 264 g/mol. The number of benzodiazepines with no additional fused rings is 1. The van der Waals surface area contributed by atoms with Crippen LogP contribution in [0.15, 0.2) is 59.6 Å². The van der Waals surface area contributed by atoms with Crippen LogP contribution in [0.1, 0.15) is 11.1 Å². The molecule has 0 bridgehead atoms. The first-order valence-electron chi connectivity index (χ1n) is 6.85. The molecule has 0 atom stereocenters. The van der Waals surface area contributed by atoms with Gasteiger partial charge in [-0.05, 0) is 17.9 Å². The minimum Gasteiger partial charge on any atom is -0.365 e. The Hall–Kier alpha value is -1.74. The van der Waals surface area contributed by atoms with Gasteiger partial charge in [0.05, 0.1) is 11.6 Å². The number of hydrogen-bond donors (Lipinski definition) is 0. The first kappa shape index (κ1) is 13.3. The van der Waals surface area contributed by atoms with Crippen molar-refractivity contribution in [3.05, 3.63) is 65.7 Å². The number of thioether (sulfide) groups is 1. The SMILES string of the molecule is CSC1=NCCN(Cc2ccccc2)c2ccccc21. The zero-order valence-corrected chi connectivity index (χ0v) is 12.4. The van der Waals surface area contributed by atoms with Gasteiger partial charge in [-0.3, -0.25) is 4.99 Å². The maximum Gasteiger partial charge on any atom is 0.0995 e. The van der Waals surface area contributed by atoms with Gasteiger partial charge < -0.3 is 4.90 Å². The zero-order valence-electron chi connectivity index (χ0n) is 11.6. The molecule has 0 radical (unpaired) electrons. The molecule has 1 aliphatic heterocycles. The second kappa shape index (κ2) is 6.14. The van der Waals surface area contributed by atoms with Crippen molar-refractivity contribution in [2.75, 3.05) is 24.2 Å². The second-order valence-corrected chi connectivity index (χ2v) is 5.61. The number of para-hydroxylation sites is 1. The summed E-state index contributed by atoms with van der Waals surface area (Å²) in [6.07, 6.45) is 2.10. The van der Waals surface area contributed by atoms with Crippen molar-refractivity contribution >= 4 is 22.5 Å². The number of rotatable bonds is 2. The number of nitrogens with zero attached hydrogens (tertiary/aromatic N) is 2. The molecule has 0 fully saturated rings. The van der Waals surface area contributed by atoms with Crippen molar-refractivity contribution in [3.63, 3.8) is 0 Å². The average Bonchev–Trinajstić information content (AvgIpc) is 2.68. The van der Waals surface area contributed by atoms with Crippen molar-refractivity contribution in [1.82, 2.24) is 0 Å². The van der Waals surface area contributed by atoms with Gasteiger partial charge in [0.15, 0.2) is 0 Å². The van der Waals surface area contributed by atoms with E-state index in [0.717, 1.165) is 24.7 Å². The molecule has 0 unspecified atom stereocenters. The number of benzene rings is 2. The topological polar surface area (TPSA) is 15.6 Å². The fourth-order valence-electron chi connectivity index (χ4n) is 2.55. The van der Waals surface area contributed by atoms with E-state index in [1.165, 1.54) is 16.8 Å². The molecule has 0 saturated heterocycles. The normalized spacial score (nSPS) is 14.4. The molecule has 2 aromatic carbocycles. The van der Waals surface area contributed by atoms with Crippen LogP contribution in [0.5, 0.6) is 0 Å². The van der Waals surface area contributed by atoms with Gasteiger partial charge in [-0.25, -0.2) is 0 Å². The molecular formula is C17H18N2S. The minimum absolute atomic E-state index is 0.859. The molecule has 20 heavy (non-hydrogen) atoms. The predicted octanol–water partition coefficient (Wildman–Crippen LogP) is 3.82. The van der Waals surface area contributed by atoms with Gasteiger partial charge in [0, 0.05) is 24.3 Å². The summed E-state index contributed by atoms with van der Waals surface area (Å²) < 4.78 is 0. The summed E-state index contributed by atoms with van der Waals surface area (Å²) in [6.45, 7) is 2.77. The standard InChI is InChI=1S/C17H18N2S/c1-20-17-15-9-5-6-10-16(15)19(12-11-18-17)13-14-7-3-2-4-8-14/h2-10H,11-13H2,1H3. The summed E-state index contributed by atoms with van der Waals surface area (Å²) in [6, 6.07) is 19.2. The van der Waals surface area contributed by atoms with Crippen molar-refractivity contribution in [3.8, 4) is 0 Å². The summed E-state index contributed by atoms with van der Waals surface area (Å²) in [5.41, 5.74) is 3.89. The van der Waals surface area contributed by atoms with Crippen LogP contribution in [0, 0.1) is 0 Å². The highest BCUT2D eigenvalue weighted by Crippen LogP contribution is 2.27. The van der Waals surface area contributed by atoms with Crippen LogP contribution >= 0.6 is 11.8 Å². The van der Waals surface area contributed by atoms with Crippen LogP contribution in [0.25, 0.3) is 0 Å². The Kier molecular flexibility index (Phi) is 4.07. The maximum atomic E-state index is 4.71. The molecule has 0 amide bonds. The summed E-state index contributed by atoms with van der Waals surface area (Å²) in [5.74, 6) is 0. The smallest absolute Gasteiger partial charge is 0.0995 e. The van der Waals surface area contributed by atoms with Gasteiger partial charge in [0.2, 0.25) is 0 Å². The van der Waals surface area contributed by atoms with Crippen LogP contribution in [-0.4, -0.2) is 24.4 Å². The number of hydrogen-bond acceptors (Lipinski definition) is 3. The molecule has 2 nitrogen and oxygen atoms in total. The van der Waals surface area contributed by atoms with Crippen LogP contribution in [0.4, 0.5) is 5.69 Å². The van der Waals surface area contributed by atoms with E-state index in [4.69, 9.17) is 4.99 Å². The van der Waals surface area contributed by atoms with E-state index in [9.17, 15) is 0 Å². The van der Waals surface area contributed by atoms with E-state index in [1.807, 2.05) is 0 Å². The Morgan fingerprint density at radius 2 is 1.80 bits per heavy atom. The lowest BCUT2D eigenvalue weighted by Gasteiger charge is -2.24. The molecule has 1 heterocycles. The number of fused-ring (bicyclic) bond motifs is 1. The minimum atomic E-state index is 0.859. The highest BCUT2D eigenvalue weighted by molar-refractivity contribution is 8.13. The molecule has 0 spiro atoms. The van der Waals surface area contributed by atoms with Crippen molar-refractivity contribution in [2.45, 2.75) is 6.54 Å². The molecule has 3 heteroatoms. The lowest BCUT2D eigenvalue weighted by molar-refractivity contribution is 0.797. The van der Waals surface area contributed by atoms with Crippen LogP contribution < -0.4 is 4.90 Å². The fourth-order valence-corrected chi connectivity index (χ4v) is 3.16. The summed E-state index contributed by atoms with van der Waals surface area (Å²) >= 11 is 1.73. The molecule has 1 aliphatic rings. The first-order valence-corrected chi connectivity index (χ1v) is 8.07. The fraction of sp³-hybridized carbons (Fsp3) is 0.235. The predicted molar refractivity (Wildman–Crippen MR) is 88.9 cm³/mol. The van der Waals surface area contributed by atoms with E-state index >= 15 is 0 Å². The van der Waals surface area contributed by atoms with Gasteiger partial charge in [0.1, 0.15) is 0 Å². The zero-order chi connectivity index (χ0) is 13.8. The average molecular weight is 282 g/mol. The Balaban J connectivity index is 1.94. The lowest BCUT2D eigenvalue weighted by Crippen LogP contribution is -2.25. The number of anilines is 1. The van der Waals surface area contributed by atoms with Gasteiger partial charge in [-0.2, -0.15) is 0 Å². The Labute approximate surface area is 124 Å². The van der Waals surface area contributed by atoms with Gasteiger partial charge in [-0.1, -0.05) is 48.5 Å². The summed E-state index contributed by atoms with van der Waals surface area (Å²) in [5, 5.41) is 1.15. The van der Waals surface area contributed by atoms with E-state index in [1.54, 1.807) is 11.8 Å². The summed E-state index contributed by atoms with van der Waals surface area (Å²) in [7, 11) is 0. The molecule has 0 aliphatic carbocycles. The maximum absolute atomic E-state index is 4.71. The van der Waals surface area contributed by atoms with E-state index in [0.29, 0.717) is 0 Å². The molecule has 0 N–H and O–H groups in total. The second-order valence-electron chi connectivity index (χ2n) is 4.82. The third kappa shape index (κ3) is 2.73. The quantitative estimate of drug-likeness (QED) is 0.832. The third-order valence-electron chi connectivity index (χ3n) is 3.51. The van der Waals surface area contributed by atoms with E-state index in [-0.39, 0.29) is 0 Å². The first-order chi connectivity index (χ1) is 9.88. The Bertz CT molecular complexity index is 607. The van der Waals surface area contributed by atoms with Gasteiger partial charge >= 0.3 is 0 Å². The highest BCUT2D eigenvalue weighted by atomic mass is 32.2. The monoisotopic (exact) mass is 282 g/mol. The molecule has 2 aromatic rings. The Morgan fingerprint density at radius 3 is 2.60 bits per heavy atom. The van der Waals surface area contributed by atoms with Crippen molar-refractivity contribution < 1.29 is 0 Å². The largest absolute Gasteiger partial charge is 0.365 e. The van der Waals surface area contributed by atoms with Gasteiger partial charge in [-0.15, -0.1) is 11.8 Å². The van der Waals surface area contributed by atoms with Crippen LogP contribution in [-0.2, 0) is 6.54 Å². The van der Waals surface area contributed by atoms with Crippen LogP contribution in [0.2, 0.25) is 0 Å². The van der Waals surface area contributed by atoms with Crippen LogP contribution in [0.3, 0.4) is 0 Å². The molecule has 0 saturated carbocycles. The summed E-state index contributed by atoms with van der Waals surface area (Å²) in [4.78, 5) is 7.14. The highest BCUT2D eigenvalue weighted by Gasteiger charge is 2.17. The molecule has 0 aromatic heterocycles. The van der Waals surface area contributed by atoms with Gasteiger partial charge in [0.25, 0.3) is 0 Å². The van der Waals surface area contributed by atoms with E-state index < -0.39 is 0 Å². The Morgan fingerprint density at radius 1 is 1.05 bits per heavy atom. The lowest BCUT2D eigenvalue weighted by atomic mass is 10.1. The van der Waals surface area contributed by atoms with E-state index in [2.05, 4.69) is 65.8 Å². The molecule has 102 valence electrons. The van der Waals surface area contributed by atoms with Crippen molar-refractivity contribution in [1.29, 1.82) is 0 Å².